The van der Waals surface area contributed by atoms with Crippen LogP contribution in [-0.4, -0.2) is 13.2 Å². The first-order chi connectivity index (χ1) is 5.14. The molecule has 1 atom stereocenters. The first kappa shape index (κ1) is 8.55. The summed E-state index contributed by atoms with van der Waals surface area (Å²) < 4.78 is 5.24. The second-order valence-electron chi connectivity index (χ2n) is 3.93. The van der Waals surface area contributed by atoms with Gasteiger partial charge in [0.05, 0.1) is 11.5 Å². The van der Waals surface area contributed by atoms with Gasteiger partial charge < -0.3 is 4.74 Å². The van der Waals surface area contributed by atoms with Crippen LogP contribution in [0.3, 0.4) is 0 Å². The van der Waals surface area contributed by atoms with Gasteiger partial charge >= 0.3 is 0 Å². The van der Waals surface area contributed by atoms with Crippen LogP contribution in [-0.2, 0) is 4.74 Å². The summed E-state index contributed by atoms with van der Waals surface area (Å²) in [7, 11) is 0. The molecule has 0 aromatic carbocycles. The lowest BCUT2D eigenvalue weighted by Gasteiger charge is -2.18. The molecule has 0 unspecified atom stereocenters. The smallest absolute Gasteiger partial charge is 0.0684 e. The van der Waals surface area contributed by atoms with Gasteiger partial charge in [0.2, 0.25) is 0 Å². The third-order valence-electron chi connectivity index (χ3n) is 2.13. The zero-order valence-corrected chi connectivity index (χ0v) is 7.26. The maximum atomic E-state index is 8.76. The number of rotatable bonds is 2. The lowest BCUT2D eigenvalue weighted by atomic mass is 9.84. The van der Waals surface area contributed by atoms with Crippen LogP contribution in [0.1, 0.15) is 26.7 Å². The summed E-state index contributed by atoms with van der Waals surface area (Å²) in [5, 5.41) is 8.76. The average molecular weight is 153 g/mol. The molecule has 0 amide bonds. The molecule has 1 heterocycles. The van der Waals surface area contributed by atoms with Crippen LogP contribution in [0.25, 0.3) is 0 Å². The Morgan fingerprint density at radius 2 is 2.36 bits per heavy atom. The summed E-state index contributed by atoms with van der Waals surface area (Å²) in [6.45, 7) is 5.72. The molecule has 1 fully saturated rings. The van der Waals surface area contributed by atoms with Crippen LogP contribution in [0.15, 0.2) is 0 Å². The highest BCUT2D eigenvalue weighted by Gasteiger charge is 2.25. The standard InChI is InChI=1S/C9H15NO/c1-9(2,7-10)5-8-3-4-11-6-8/h8H,3-6H2,1-2H3/t8-/m0/s1. The monoisotopic (exact) mass is 153 g/mol. The molecule has 2 nitrogen and oxygen atoms in total. The second-order valence-corrected chi connectivity index (χ2v) is 3.93. The highest BCUT2D eigenvalue weighted by Crippen LogP contribution is 2.28. The van der Waals surface area contributed by atoms with Crippen LogP contribution in [0.2, 0.25) is 0 Å². The fourth-order valence-corrected chi connectivity index (χ4v) is 1.51. The fraction of sp³-hybridized carbons (Fsp3) is 0.889. The quantitative estimate of drug-likeness (QED) is 0.607. The van der Waals surface area contributed by atoms with Crippen molar-refractivity contribution < 1.29 is 4.74 Å². The topological polar surface area (TPSA) is 33.0 Å². The van der Waals surface area contributed by atoms with Gasteiger partial charge in [-0.2, -0.15) is 5.26 Å². The predicted molar refractivity (Wildman–Crippen MR) is 42.9 cm³/mol. The molecule has 11 heavy (non-hydrogen) atoms. The Bertz CT molecular complexity index is 163. The van der Waals surface area contributed by atoms with Crippen molar-refractivity contribution in [1.29, 1.82) is 5.26 Å². The van der Waals surface area contributed by atoms with Crippen LogP contribution < -0.4 is 0 Å². The van der Waals surface area contributed by atoms with Gasteiger partial charge in [-0.3, -0.25) is 0 Å². The predicted octanol–water partition coefficient (Wildman–Crippen LogP) is 1.96. The van der Waals surface area contributed by atoms with E-state index >= 15 is 0 Å². The van der Waals surface area contributed by atoms with E-state index in [-0.39, 0.29) is 5.41 Å². The minimum absolute atomic E-state index is 0.168. The molecule has 0 aromatic heterocycles. The lowest BCUT2D eigenvalue weighted by Crippen LogP contribution is -2.14. The first-order valence-electron chi connectivity index (χ1n) is 4.13. The Kier molecular flexibility index (Phi) is 2.51. The summed E-state index contributed by atoms with van der Waals surface area (Å²) in [6.07, 6.45) is 2.11. The molecule has 0 N–H and O–H groups in total. The number of nitriles is 1. The summed E-state index contributed by atoms with van der Waals surface area (Å²) in [6, 6.07) is 2.31. The van der Waals surface area contributed by atoms with Gasteiger partial charge in [-0.15, -0.1) is 0 Å². The largest absolute Gasteiger partial charge is 0.381 e. The van der Waals surface area contributed by atoms with E-state index in [0.29, 0.717) is 5.92 Å². The molecule has 0 bridgehead atoms. The van der Waals surface area contributed by atoms with Crippen LogP contribution in [0, 0.1) is 22.7 Å². The Morgan fingerprint density at radius 1 is 1.64 bits per heavy atom. The van der Waals surface area contributed by atoms with E-state index in [1.165, 1.54) is 0 Å². The highest BCUT2D eigenvalue weighted by atomic mass is 16.5. The molecule has 0 spiro atoms. The Balaban J connectivity index is 2.35. The molecule has 1 aliphatic heterocycles. The van der Waals surface area contributed by atoms with Crippen molar-refractivity contribution in [2.75, 3.05) is 13.2 Å². The third kappa shape index (κ3) is 2.51. The molecule has 1 saturated heterocycles. The van der Waals surface area contributed by atoms with Crippen molar-refractivity contribution >= 4 is 0 Å². The molecule has 0 aromatic rings. The van der Waals surface area contributed by atoms with Gasteiger partial charge in [0.15, 0.2) is 0 Å². The minimum atomic E-state index is -0.168. The van der Waals surface area contributed by atoms with Crippen molar-refractivity contribution in [2.45, 2.75) is 26.7 Å². The SMILES string of the molecule is CC(C)(C#N)C[C@@H]1CCOC1. The maximum absolute atomic E-state index is 8.76. The van der Waals surface area contributed by atoms with Crippen LogP contribution in [0.5, 0.6) is 0 Å². The number of hydrogen-bond donors (Lipinski definition) is 0. The molecule has 1 rings (SSSR count). The van der Waals surface area contributed by atoms with Gasteiger partial charge in [-0.1, -0.05) is 0 Å². The van der Waals surface area contributed by atoms with E-state index in [0.717, 1.165) is 26.1 Å². The van der Waals surface area contributed by atoms with Crippen molar-refractivity contribution in [1.82, 2.24) is 0 Å². The Labute approximate surface area is 68.2 Å². The van der Waals surface area contributed by atoms with Gasteiger partial charge in [0.1, 0.15) is 0 Å². The van der Waals surface area contributed by atoms with E-state index in [2.05, 4.69) is 6.07 Å². The molecule has 0 radical (unpaired) electrons. The molecule has 2 heteroatoms. The molecular formula is C9H15NO. The zero-order valence-electron chi connectivity index (χ0n) is 7.26. The van der Waals surface area contributed by atoms with E-state index in [1.54, 1.807) is 0 Å². The number of nitrogens with zero attached hydrogens (tertiary/aromatic N) is 1. The normalized spacial score (nSPS) is 25.0. The Morgan fingerprint density at radius 3 is 2.82 bits per heavy atom. The summed E-state index contributed by atoms with van der Waals surface area (Å²) >= 11 is 0. The maximum Gasteiger partial charge on any atom is 0.0684 e. The molecule has 0 saturated carbocycles. The molecule has 0 aliphatic carbocycles. The first-order valence-corrected chi connectivity index (χ1v) is 4.13. The summed E-state index contributed by atoms with van der Waals surface area (Å²) in [4.78, 5) is 0. The lowest BCUT2D eigenvalue weighted by molar-refractivity contribution is 0.177. The van der Waals surface area contributed by atoms with Crippen molar-refractivity contribution in [3.05, 3.63) is 0 Å². The van der Waals surface area contributed by atoms with E-state index < -0.39 is 0 Å². The van der Waals surface area contributed by atoms with Gasteiger partial charge in [-0.25, -0.2) is 0 Å². The minimum Gasteiger partial charge on any atom is -0.381 e. The number of hydrogen-bond acceptors (Lipinski definition) is 2. The third-order valence-corrected chi connectivity index (χ3v) is 2.13. The van der Waals surface area contributed by atoms with Crippen molar-refractivity contribution in [3.63, 3.8) is 0 Å². The van der Waals surface area contributed by atoms with Crippen molar-refractivity contribution in [2.24, 2.45) is 11.3 Å². The highest BCUT2D eigenvalue weighted by molar-refractivity contribution is 4.93. The van der Waals surface area contributed by atoms with Crippen molar-refractivity contribution in [3.8, 4) is 6.07 Å². The summed E-state index contributed by atoms with van der Waals surface area (Å²) in [5.41, 5.74) is -0.168. The summed E-state index contributed by atoms with van der Waals surface area (Å²) in [5.74, 6) is 0.615. The van der Waals surface area contributed by atoms with Gasteiger partial charge in [-0.05, 0) is 32.6 Å². The molecular weight excluding hydrogens is 138 g/mol. The van der Waals surface area contributed by atoms with Crippen LogP contribution >= 0.6 is 0 Å². The van der Waals surface area contributed by atoms with E-state index in [9.17, 15) is 0 Å². The Hall–Kier alpha value is -0.550. The second kappa shape index (κ2) is 3.23. The molecule has 1 aliphatic rings. The van der Waals surface area contributed by atoms with E-state index in [4.69, 9.17) is 10.00 Å². The average Bonchev–Trinajstić information content (AvgIpc) is 2.39. The fourth-order valence-electron chi connectivity index (χ4n) is 1.51. The van der Waals surface area contributed by atoms with Gasteiger partial charge in [0.25, 0.3) is 0 Å². The zero-order chi connectivity index (χ0) is 8.32. The van der Waals surface area contributed by atoms with Crippen LogP contribution in [0.4, 0.5) is 0 Å². The number of ether oxygens (including phenoxy) is 1. The van der Waals surface area contributed by atoms with E-state index in [1.807, 2.05) is 13.8 Å². The molecule has 62 valence electrons. The van der Waals surface area contributed by atoms with Gasteiger partial charge in [0, 0.05) is 13.2 Å².